The predicted molar refractivity (Wildman–Crippen MR) is 158 cm³/mol. The average molecular weight is 640 g/mol. The van der Waals surface area contributed by atoms with Crippen LogP contribution in [0.2, 0.25) is 5.02 Å². The Labute approximate surface area is 254 Å². The van der Waals surface area contributed by atoms with E-state index in [1.165, 1.54) is 36.3 Å². The van der Waals surface area contributed by atoms with E-state index in [9.17, 15) is 31.2 Å². The third-order valence-electron chi connectivity index (χ3n) is 6.57. The maximum absolute atomic E-state index is 14.1. The molecule has 0 bridgehead atoms. The predicted octanol–water partition coefficient (Wildman–Crippen LogP) is 5.90. The van der Waals surface area contributed by atoms with Crippen molar-refractivity contribution in [3.63, 3.8) is 0 Å². The first-order valence-corrected chi connectivity index (χ1v) is 15.3. The van der Waals surface area contributed by atoms with Crippen LogP contribution < -0.4 is 14.4 Å². The second-order valence-electron chi connectivity index (χ2n) is 9.58. The molecule has 0 aromatic heterocycles. The van der Waals surface area contributed by atoms with E-state index in [4.69, 9.17) is 16.3 Å². The molecule has 43 heavy (non-hydrogen) atoms. The van der Waals surface area contributed by atoms with Crippen molar-refractivity contribution in [2.75, 3.05) is 24.5 Å². The molecule has 0 heterocycles. The summed E-state index contributed by atoms with van der Waals surface area (Å²) in [6.45, 7) is 2.88. The number of nitrogens with zero attached hydrogens (tertiary/aromatic N) is 2. The number of carbonyl (C=O) groups excluding carboxylic acids is 2. The van der Waals surface area contributed by atoms with Crippen molar-refractivity contribution in [2.45, 2.75) is 50.3 Å². The molecule has 0 spiro atoms. The molecule has 13 heteroatoms. The number of nitrogens with one attached hydrogen (secondary N) is 1. The summed E-state index contributed by atoms with van der Waals surface area (Å²) in [4.78, 5) is 28.2. The van der Waals surface area contributed by atoms with Crippen LogP contribution in [0.4, 0.5) is 18.9 Å². The lowest BCUT2D eigenvalue weighted by atomic mass is 10.1. The average Bonchev–Trinajstić information content (AvgIpc) is 2.98. The zero-order chi connectivity index (χ0) is 31.8. The van der Waals surface area contributed by atoms with Gasteiger partial charge in [-0.1, -0.05) is 55.8 Å². The topological polar surface area (TPSA) is 96.0 Å². The smallest absolute Gasteiger partial charge is 0.416 e. The molecule has 1 atom stereocenters. The standard InChI is InChI=1S/C30H33ClF3N3O5S/c1-4-16-35-29(39)26(5-2)36(19-21-10-9-11-23(17-21)42-3)28(38)20-37(43(40,41)24-12-7-6-8-13-24)27-18-22(30(32,33)34)14-15-25(27)31/h6-15,17-18,26H,4-5,16,19-20H2,1-3H3,(H,35,39). The number of ether oxygens (including phenoxy) is 1. The van der Waals surface area contributed by atoms with Crippen LogP contribution in [-0.4, -0.2) is 51.4 Å². The van der Waals surface area contributed by atoms with Crippen molar-refractivity contribution in [3.05, 3.63) is 88.9 Å². The summed E-state index contributed by atoms with van der Waals surface area (Å²) < 4.78 is 74.6. The largest absolute Gasteiger partial charge is 0.497 e. The van der Waals surface area contributed by atoms with Crippen molar-refractivity contribution in [3.8, 4) is 5.75 Å². The summed E-state index contributed by atoms with van der Waals surface area (Å²) in [6, 6.07) is 15.0. The minimum Gasteiger partial charge on any atom is -0.497 e. The van der Waals surface area contributed by atoms with E-state index in [-0.39, 0.29) is 22.9 Å². The molecule has 0 fully saturated rings. The van der Waals surface area contributed by atoms with Gasteiger partial charge >= 0.3 is 6.18 Å². The number of alkyl halides is 3. The van der Waals surface area contributed by atoms with Gasteiger partial charge in [0.15, 0.2) is 0 Å². The summed E-state index contributed by atoms with van der Waals surface area (Å²) in [6.07, 6.45) is -3.99. The lowest BCUT2D eigenvalue weighted by Gasteiger charge is -2.33. The molecular formula is C30H33ClF3N3O5S. The summed E-state index contributed by atoms with van der Waals surface area (Å²) >= 11 is 6.28. The molecule has 1 unspecified atom stereocenters. The van der Waals surface area contributed by atoms with Gasteiger partial charge in [-0.25, -0.2) is 8.42 Å². The number of rotatable bonds is 13. The van der Waals surface area contributed by atoms with Gasteiger partial charge in [0.25, 0.3) is 10.0 Å². The number of amides is 2. The Morgan fingerprint density at radius 3 is 2.30 bits per heavy atom. The van der Waals surface area contributed by atoms with Gasteiger partial charge in [0.1, 0.15) is 18.3 Å². The highest BCUT2D eigenvalue weighted by atomic mass is 35.5. The number of carbonyl (C=O) groups is 2. The van der Waals surface area contributed by atoms with Crippen LogP contribution in [0.5, 0.6) is 5.75 Å². The first kappa shape index (κ1) is 33.7. The normalized spacial score (nSPS) is 12.3. The van der Waals surface area contributed by atoms with E-state index in [1.807, 2.05) is 6.92 Å². The molecule has 0 aliphatic rings. The number of halogens is 4. The van der Waals surface area contributed by atoms with Gasteiger partial charge in [0.05, 0.1) is 28.3 Å². The zero-order valence-electron chi connectivity index (χ0n) is 23.9. The monoisotopic (exact) mass is 639 g/mol. The summed E-state index contributed by atoms with van der Waals surface area (Å²) in [5.41, 5.74) is -1.09. The van der Waals surface area contributed by atoms with E-state index in [0.29, 0.717) is 34.7 Å². The minimum atomic E-state index is -4.81. The SMILES string of the molecule is CCCNC(=O)C(CC)N(Cc1cccc(OC)c1)C(=O)CN(c1cc(C(F)(F)F)ccc1Cl)S(=O)(=O)c1ccccc1. The van der Waals surface area contributed by atoms with Crippen LogP contribution >= 0.6 is 11.6 Å². The van der Waals surface area contributed by atoms with E-state index >= 15 is 0 Å². The lowest BCUT2D eigenvalue weighted by molar-refractivity contribution is -0.140. The van der Waals surface area contributed by atoms with E-state index in [0.717, 1.165) is 12.1 Å². The van der Waals surface area contributed by atoms with Gasteiger partial charge < -0.3 is 15.0 Å². The number of sulfonamides is 1. The zero-order valence-corrected chi connectivity index (χ0v) is 25.5. The Hall–Kier alpha value is -3.77. The fourth-order valence-corrected chi connectivity index (χ4v) is 6.08. The van der Waals surface area contributed by atoms with Crippen LogP contribution in [0, 0.1) is 0 Å². The Morgan fingerprint density at radius 2 is 1.70 bits per heavy atom. The van der Waals surface area contributed by atoms with Gasteiger partial charge in [-0.3, -0.25) is 13.9 Å². The van der Waals surface area contributed by atoms with Gasteiger partial charge in [-0.05, 0) is 60.9 Å². The molecule has 232 valence electrons. The Balaban J connectivity index is 2.15. The van der Waals surface area contributed by atoms with E-state index in [1.54, 1.807) is 37.3 Å². The third-order valence-corrected chi connectivity index (χ3v) is 8.67. The Morgan fingerprint density at radius 1 is 1.00 bits per heavy atom. The molecule has 0 saturated carbocycles. The fraction of sp³-hybridized carbons (Fsp3) is 0.333. The highest BCUT2D eigenvalue weighted by Gasteiger charge is 2.37. The molecule has 0 radical (unpaired) electrons. The van der Waals surface area contributed by atoms with Gasteiger partial charge in [0, 0.05) is 13.1 Å². The van der Waals surface area contributed by atoms with Gasteiger partial charge in [-0.2, -0.15) is 13.2 Å². The van der Waals surface area contributed by atoms with Crippen molar-refractivity contribution < 1.29 is 35.9 Å². The number of anilines is 1. The highest BCUT2D eigenvalue weighted by molar-refractivity contribution is 7.92. The van der Waals surface area contributed by atoms with Crippen molar-refractivity contribution in [2.24, 2.45) is 0 Å². The first-order valence-electron chi connectivity index (χ1n) is 13.5. The van der Waals surface area contributed by atoms with Gasteiger partial charge in [-0.15, -0.1) is 0 Å². The molecular weight excluding hydrogens is 607 g/mol. The highest BCUT2D eigenvalue weighted by Crippen LogP contribution is 2.37. The maximum atomic E-state index is 14.1. The summed E-state index contributed by atoms with van der Waals surface area (Å²) in [5, 5.41) is 2.45. The quantitative estimate of drug-likeness (QED) is 0.251. The van der Waals surface area contributed by atoms with Crippen LogP contribution in [0.25, 0.3) is 0 Å². The van der Waals surface area contributed by atoms with Gasteiger partial charge in [0.2, 0.25) is 11.8 Å². The second kappa shape index (κ2) is 14.6. The van der Waals surface area contributed by atoms with Crippen LogP contribution in [0.15, 0.2) is 77.7 Å². The number of benzene rings is 3. The van der Waals surface area contributed by atoms with Crippen molar-refractivity contribution in [1.29, 1.82) is 0 Å². The second-order valence-corrected chi connectivity index (χ2v) is 11.8. The van der Waals surface area contributed by atoms with E-state index < -0.39 is 51.9 Å². The van der Waals surface area contributed by atoms with Crippen molar-refractivity contribution >= 4 is 39.1 Å². The van der Waals surface area contributed by atoms with E-state index in [2.05, 4.69) is 5.32 Å². The number of hydrogen-bond donors (Lipinski definition) is 1. The van der Waals surface area contributed by atoms with Crippen LogP contribution in [0.3, 0.4) is 0 Å². The number of methoxy groups -OCH3 is 1. The summed E-state index contributed by atoms with van der Waals surface area (Å²) in [5.74, 6) is -0.776. The molecule has 2 amide bonds. The molecule has 0 aliphatic carbocycles. The van der Waals surface area contributed by atoms with Crippen LogP contribution in [0.1, 0.15) is 37.8 Å². The minimum absolute atomic E-state index is 0.108. The molecule has 3 aromatic rings. The Kier molecular flexibility index (Phi) is 11.5. The Bertz CT molecular complexity index is 1520. The molecule has 3 aromatic carbocycles. The maximum Gasteiger partial charge on any atom is 0.416 e. The van der Waals surface area contributed by atoms with Crippen LogP contribution in [-0.2, 0) is 32.3 Å². The lowest BCUT2D eigenvalue weighted by Crippen LogP contribution is -2.52. The first-order chi connectivity index (χ1) is 20.3. The van der Waals surface area contributed by atoms with Crippen molar-refractivity contribution in [1.82, 2.24) is 10.2 Å². The molecule has 3 rings (SSSR count). The number of hydrogen-bond acceptors (Lipinski definition) is 5. The molecule has 8 nitrogen and oxygen atoms in total. The fourth-order valence-electron chi connectivity index (χ4n) is 4.37. The summed E-state index contributed by atoms with van der Waals surface area (Å²) in [7, 11) is -3.13. The molecule has 0 saturated heterocycles. The molecule has 1 N–H and O–H groups in total. The third kappa shape index (κ3) is 8.41. The molecule has 0 aliphatic heterocycles.